The minimum atomic E-state index is 0. The molecule has 176 valence electrons. The second-order valence-corrected chi connectivity index (χ2v) is 7.58. The van der Waals surface area contributed by atoms with Gasteiger partial charge in [0.05, 0.1) is 0 Å². The van der Waals surface area contributed by atoms with Gasteiger partial charge in [-0.3, -0.25) is 11.3 Å². The number of nitrogens with two attached hydrogens (primary N) is 1. The van der Waals surface area contributed by atoms with Gasteiger partial charge in [-0.2, -0.15) is 0 Å². The molecule has 0 radical (unpaired) electrons. The summed E-state index contributed by atoms with van der Waals surface area (Å²) in [6.45, 7) is 1.66. The van der Waals surface area contributed by atoms with Crippen LogP contribution in [0.3, 0.4) is 0 Å². The number of hydrogen-bond acceptors (Lipinski definition) is 5. The van der Waals surface area contributed by atoms with E-state index in [0.29, 0.717) is 43.6 Å². The van der Waals surface area contributed by atoms with Crippen LogP contribution in [0.25, 0.3) is 0 Å². The van der Waals surface area contributed by atoms with E-state index in [2.05, 4.69) is 5.43 Å². The maximum Gasteiger partial charge on any atom is 0.204 e. The molecule has 0 unspecified atom stereocenters. The molecule has 4 rings (SSSR count). The molecule has 0 saturated heterocycles. The van der Waals surface area contributed by atoms with Crippen molar-refractivity contribution in [1.82, 2.24) is 5.43 Å². The normalized spacial score (nSPS) is 10.3. The summed E-state index contributed by atoms with van der Waals surface area (Å²) in [5.74, 6) is 7.46. The van der Waals surface area contributed by atoms with E-state index in [0.717, 1.165) is 22.3 Å². The van der Waals surface area contributed by atoms with Crippen LogP contribution in [-0.2, 0) is 26.4 Å². The van der Waals surface area contributed by atoms with Crippen molar-refractivity contribution in [3.05, 3.63) is 125 Å². The molecule has 0 saturated carbocycles. The van der Waals surface area contributed by atoms with E-state index in [-0.39, 0.29) is 12.4 Å². The summed E-state index contributed by atoms with van der Waals surface area (Å²) in [6, 6.07) is 34.0. The monoisotopic (exact) mass is 476 g/mol. The molecule has 0 aliphatic rings. The van der Waals surface area contributed by atoms with E-state index in [9.17, 15) is 0 Å². The molecule has 0 fully saturated rings. The standard InChI is InChI=1S/C28H28N2O3.ClH/c29-30-18-25-16-17-26(31-19-22-10-4-1-5-11-22)28(33-21-24-14-8-3-9-15-24)27(25)32-20-23-12-6-2-7-13-23;/h1-17,30H,18-21,29H2;1H. The van der Waals surface area contributed by atoms with Crippen molar-refractivity contribution in [1.29, 1.82) is 0 Å². The number of halogens is 1. The van der Waals surface area contributed by atoms with Gasteiger partial charge in [0.25, 0.3) is 0 Å². The summed E-state index contributed by atoms with van der Waals surface area (Å²) in [5, 5.41) is 0. The third-order valence-electron chi connectivity index (χ3n) is 5.14. The number of ether oxygens (including phenoxy) is 3. The van der Waals surface area contributed by atoms with Crippen LogP contribution in [0.5, 0.6) is 17.2 Å². The Morgan fingerprint density at radius 2 is 0.971 bits per heavy atom. The summed E-state index contributed by atoms with van der Waals surface area (Å²) in [6.07, 6.45) is 0. The van der Waals surface area contributed by atoms with Gasteiger partial charge in [0.2, 0.25) is 5.75 Å². The highest BCUT2D eigenvalue weighted by Gasteiger charge is 2.18. The largest absolute Gasteiger partial charge is 0.485 e. The Kier molecular flexibility index (Phi) is 9.80. The fourth-order valence-electron chi connectivity index (χ4n) is 3.44. The van der Waals surface area contributed by atoms with Crippen molar-refractivity contribution in [2.45, 2.75) is 26.4 Å². The van der Waals surface area contributed by atoms with Gasteiger partial charge in [-0.15, -0.1) is 12.4 Å². The molecule has 4 aromatic rings. The summed E-state index contributed by atoms with van der Waals surface area (Å²) in [4.78, 5) is 0. The summed E-state index contributed by atoms with van der Waals surface area (Å²) in [5.41, 5.74) is 6.81. The smallest absolute Gasteiger partial charge is 0.204 e. The number of benzene rings is 4. The van der Waals surface area contributed by atoms with E-state index >= 15 is 0 Å². The third kappa shape index (κ3) is 6.99. The Morgan fingerprint density at radius 3 is 1.44 bits per heavy atom. The van der Waals surface area contributed by atoms with E-state index in [1.807, 2.05) is 103 Å². The highest BCUT2D eigenvalue weighted by atomic mass is 35.5. The lowest BCUT2D eigenvalue weighted by Gasteiger charge is -2.20. The van der Waals surface area contributed by atoms with Crippen LogP contribution in [0.4, 0.5) is 0 Å². The van der Waals surface area contributed by atoms with Crippen LogP contribution >= 0.6 is 12.4 Å². The quantitative estimate of drug-likeness (QED) is 0.211. The maximum absolute atomic E-state index is 6.30. The lowest BCUT2D eigenvalue weighted by atomic mass is 10.1. The highest BCUT2D eigenvalue weighted by molar-refractivity contribution is 5.85. The first-order valence-electron chi connectivity index (χ1n) is 10.9. The van der Waals surface area contributed by atoms with Crippen molar-refractivity contribution in [2.24, 2.45) is 5.84 Å². The molecule has 0 bridgehead atoms. The van der Waals surface area contributed by atoms with Gasteiger partial charge < -0.3 is 14.2 Å². The SMILES string of the molecule is Cl.NNCc1ccc(OCc2ccccc2)c(OCc2ccccc2)c1OCc1ccccc1. The van der Waals surface area contributed by atoms with E-state index in [4.69, 9.17) is 20.1 Å². The van der Waals surface area contributed by atoms with Crippen molar-refractivity contribution in [3.8, 4) is 17.2 Å². The first-order chi connectivity index (χ1) is 16.3. The van der Waals surface area contributed by atoms with Crippen molar-refractivity contribution in [3.63, 3.8) is 0 Å². The average molecular weight is 477 g/mol. The molecule has 0 aromatic heterocycles. The van der Waals surface area contributed by atoms with Crippen LogP contribution in [0.15, 0.2) is 103 Å². The molecule has 0 heterocycles. The van der Waals surface area contributed by atoms with Gasteiger partial charge in [0.15, 0.2) is 11.5 Å². The molecule has 34 heavy (non-hydrogen) atoms. The van der Waals surface area contributed by atoms with Crippen molar-refractivity contribution in [2.75, 3.05) is 0 Å². The summed E-state index contributed by atoms with van der Waals surface area (Å²) in [7, 11) is 0. The Morgan fingerprint density at radius 1 is 0.529 bits per heavy atom. The molecular weight excluding hydrogens is 448 g/mol. The predicted octanol–water partition coefficient (Wildman–Crippen LogP) is 5.81. The molecule has 0 atom stereocenters. The van der Waals surface area contributed by atoms with E-state index in [1.165, 1.54) is 0 Å². The molecule has 5 nitrogen and oxygen atoms in total. The summed E-state index contributed by atoms with van der Waals surface area (Å²) < 4.78 is 18.8. The minimum absolute atomic E-state index is 0. The van der Waals surface area contributed by atoms with Gasteiger partial charge in [0.1, 0.15) is 19.8 Å². The zero-order chi connectivity index (χ0) is 22.7. The highest BCUT2D eigenvalue weighted by Crippen LogP contribution is 2.41. The first kappa shape index (κ1) is 25.1. The molecule has 3 N–H and O–H groups in total. The molecule has 0 spiro atoms. The lowest BCUT2D eigenvalue weighted by Crippen LogP contribution is -2.21. The Balaban J connectivity index is 0.00000324. The van der Waals surface area contributed by atoms with Crippen molar-refractivity contribution < 1.29 is 14.2 Å². The maximum atomic E-state index is 6.30. The Labute approximate surface area is 206 Å². The fraction of sp³-hybridized carbons (Fsp3) is 0.143. The van der Waals surface area contributed by atoms with Gasteiger partial charge in [-0.1, -0.05) is 97.1 Å². The van der Waals surface area contributed by atoms with Crippen LogP contribution in [0.2, 0.25) is 0 Å². The molecule has 0 aliphatic heterocycles. The van der Waals surface area contributed by atoms with E-state index < -0.39 is 0 Å². The predicted molar refractivity (Wildman–Crippen MR) is 137 cm³/mol. The van der Waals surface area contributed by atoms with Gasteiger partial charge >= 0.3 is 0 Å². The van der Waals surface area contributed by atoms with Crippen LogP contribution < -0.4 is 25.5 Å². The van der Waals surface area contributed by atoms with Crippen LogP contribution in [-0.4, -0.2) is 0 Å². The number of rotatable bonds is 11. The molecule has 0 amide bonds. The minimum Gasteiger partial charge on any atom is -0.485 e. The molecular formula is C28H29ClN2O3. The van der Waals surface area contributed by atoms with Crippen molar-refractivity contribution >= 4 is 12.4 Å². The first-order valence-corrected chi connectivity index (χ1v) is 10.9. The van der Waals surface area contributed by atoms with E-state index in [1.54, 1.807) is 0 Å². The van der Waals surface area contributed by atoms with Gasteiger partial charge in [-0.05, 0) is 22.8 Å². The number of nitrogens with one attached hydrogen (secondary N) is 1. The topological polar surface area (TPSA) is 65.7 Å². The fourth-order valence-corrected chi connectivity index (χ4v) is 3.44. The number of hydrazine groups is 1. The molecule has 4 aromatic carbocycles. The molecule has 6 heteroatoms. The Bertz CT molecular complexity index is 1130. The summed E-state index contributed by atoms with van der Waals surface area (Å²) >= 11 is 0. The zero-order valence-electron chi connectivity index (χ0n) is 18.9. The van der Waals surface area contributed by atoms with Gasteiger partial charge in [-0.25, -0.2) is 0 Å². The second-order valence-electron chi connectivity index (χ2n) is 7.58. The van der Waals surface area contributed by atoms with Gasteiger partial charge in [0, 0.05) is 12.1 Å². The molecule has 0 aliphatic carbocycles. The van der Waals surface area contributed by atoms with Crippen LogP contribution in [0.1, 0.15) is 22.3 Å². The zero-order valence-corrected chi connectivity index (χ0v) is 19.7. The Hall–Kier alpha value is -3.51. The van der Waals surface area contributed by atoms with Crippen LogP contribution in [0, 0.1) is 0 Å². The number of hydrogen-bond donors (Lipinski definition) is 2. The second kappa shape index (κ2) is 13.3. The average Bonchev–Trinajstić information content (AvgIpc) is 2.88. The third-order valence-corrected chi connectivity index (χ3v) is 5.14. The lowest BCUT2D eigenvalue weighted by molar-refractivity contribution is 0.228.